The maximum atomic E-state index is 12.2. The van der Waals surface area contributed by atoms with Crippen LogP contribution in [0.3, 0.4) is 0 Å². The predicted molar refractivity (Wildman–Crippen MR) is 87.7 cm³/mol. The number of piperazine rings is 1. The van der Waals surface area contributed by atoms with Crippen molar-refractivity contribution in [1.29, 1.82) is 0 Å². The number of sulfone groups is 1. The maximum Gasteiger partial charge on any atom is 0.247 e. The molecule has 1 atom stereocenters. The zero-order chi connectivity index (χ0) is 15.6. The van der Waals surface area contributed by atoms with Gasteiger partial charge in [0.25, 0.3) is 0 Å². The van der Waals surface area contributed by atoms with E-state index in [0.29, 0.717) is 24.6 Å². The standard InChI is InChI=1S/C15H20N2O3S2/c18-15(4-3-14-2-1-10-21-14)17-8-6-16(7-9-17)13-5-11-22(19,20)12-13/h1-4,10,13H,5-9,11-12H2/p+1/b4-3+/t13-/m0/s1. The summed E-state index contributed by atoms with van der Waals surface area (Å²) < 4.78 is 23.1. The molecule has 22 heavy (non-hydrogen) atoms. The van der Waals surface area contributed by atoms with Gasteiger partial charge in [-0.25, -0.2) is 8.42 Å². The van der Waals surface area contributed by atoms with Gasteiger partial charge in [0.2, 0.25) is 5.91 Å². The summed E-state index contributed by atoms with van der Waals surface area (Å²) in [6.45, 7) is 3.11. The van der Waals surface area contributed by atoms with Gasteiger partial charge < -0.3 is 9.80 Å². The molecule has 3 heterocycles. The lowest BCUT2D eigenvalue weighted by Crippen LogP contribution is -3.18. The number of hydrogen-bond donors (Lipinski definition) is 1. The van der Waals surface area contributed by atoms with Gasteiger partial charge in [-0.3, -0.25) is 4.79 Å². The van der Waals surface area contributed by atoms with Crippen molar-refractivity contribution in [1.82, 2.24) is 4.90 Å². The van der Waals surface area contributed by atoms with E-state index in [1.807, 2.05) is 28.5 Å². The summed E-state index contributed by atoms with van der Waals surface area (Å²) >= 11 is 1.61. The summed E-state index contributed by atoms with van der Waals surface area (Å²) in [4.78, 5) is 16.4. The lowest BCUT2D eigenvalue weighted by atomic mass is 10.2. The first kappa shape index (κ1) is 15.7. The summed E-state index contributed by atoms with van der Waals surface area (Å²) in [6.07, 6.45) is 4.26. The first-order valence-electron chi connectivity index (χ1n) is 7.59. The van der Waals surface area contributed by atoms with E-state index in [-0.39, 0.29) is 11.9 Å². The van der Waals surface area contributed by atoms with Crippen LogP contribution in [0.5, 0.6) is 0 Å². The summed E-state index contributed by atoms with van der Waals surface area (Å²) in [5, 5.41) is 1.99. The molecule has 2 saturated heterocycles. The predicted octanol–water partition coefficient (Wildman–Crippen LogP) is -0.324. The van der Waals surface area contributed by atoms with E-state index < -0.39 is 9.84 Å². The van der Waals surface area contributed by atoms with Gasteiger partial charge in [0, 0.05) is 17.4 Å². The summed E-state index contributed by atoms with van der Waals surface area (Å²) in [7, 11) is -2.82. The van der Waals surface area contributed by atoms with Crippen LogP contribution >= 0.6 is 11.3 Å². The summed E-state index contributed by atoms with van der Waals surface area (Å²) in [6, 6.07) is 4.17. The van der Waals surface area contributed by atoms with Crippen LogP contribution in [0.1, 0.15) is 11.3 Å². The van der Waals surface area contributed by atoms with Gasteiger partial charge in [0.15, 0.2) is 9.84 Å². The topological polar surface area (TPSA) is 58.9 Å². The van der Waals surface area contributed by atoms with Crippen LogP contribution in [0.15, 0.2) is 23.6 Å². The van der Waals surface area contributed by atoms with Gasteiger partial charge in [0.1, 0.15) is 11.8 Å². The monoisotopic (exact) mass is 341 g/mol. The molecule has 1 amide bonds. The molecule has 5 nitrogen and oxygen atoms in total. The normalized spacial score (nSPS) is 25.8. The Bertz CT molecular complexity index is 644. The number of carbonyl (C=O) groups is 1. The molecule has 0 aliphatic carbocycles. The molecule has 2 fully saturated rings. The molecule has 0 bridgehead atoms. The molecule has 2 aliphatic rings. The van der Waals surface area contributed by atoms with E-state index in [1.165, 1.54) is 4.90 Å². The molecule has 2 aliphatic heterocycles. The lowest BCUT2D eigenvalue weighted by Gasteiger charge is -2.34. The van der Waals surface area contributed by atoms with Crippen LogP contribution in [0.4, 0.5) is 0 Å². The van der Waals surface area contributed by atoms with E-state index >= 15 is 0 Å². The molecular formula is C15H21N2O3S2+. The van der Waals surface area contributed by atoms with Gasteiger partial charge in [-0.1, -0.05) is 6.07 Å². The minimum atomic E-state index is -2.82. The number of rotatable bonds is 3. The molecule has 120 valence electrons. The molecule has 3 rings (SSSR count). The number of nitrogens with zero attached hydrogens (tertiary/aromatic N) is 1. The quantitative estimate of drug-likeness (QED) is 0.767. The summed E-state index contributed by atoms with van der Waals surface area (Å²) in [5.41, 5.74) is 0. The van der Waals surface area contributed by atoms with Gasteiger partial charge >= 0.3 is 0 Å². The van der Waals surface area contributed by atoms with E-state index in [1.54, 1.807) is 17.4 Å². The number of amides is 1. The first-order valence-corrected chi connectivity index (χ1v) is 10.3. The average molecular weight is 341 g/mol. The van der Waals surface area contributed by atoms with E-state index in [0.717, 1.165) is 24.4 Å². The number of nitrogens with one attached hydrogen (secondary N) is 1. The highest BCUT2D eigenvalue weighted by atomic mass is 32.2. The zero-order valence-electron chi connectivity index (χ0n) is 12.4. The van der Waals surface area contributed by atoms with Crippen molar-refractivity contribution >= 4 is 33.2 Å². The Labute approximate surface area is 135 Å². The van der Waals surface area contributed by atoms with Gasteiger partial charge in [-0.05, 0) is 17.5 Å². The molecule has 0 unspecified atom stereocenters. The van der Waals surface area contributed by atoms with Crippen LogP contribution in [-0.4, -0.2) is 63.0 Å². The number of hydrogen-bond acceptors (Lipinski definition) is 4. The average Bonchev–Trinajstić information content (AvgIpc) is 3.14. The minimum Gasteiger partial charge on any atom is -0.329 e. The van der Waals surface area contributed by atoms with E-state index in [4.69, 9.17) is 0 Å². The maximum absolute atomic E-state index is 12.2. The number of quaternary nitrogens is 1. The molecule has 0 spiro atoms. The number of thiophene rings is 1. The van der Waals surface area contributed by atoms with Crippen LogP contribution in [0.25, 0.3) is 6.08 Å². The highest BCUT2D eigenvalue weighted by Crippen LogP contribution is 2.11. The van der Waals surface area contributed by atoms with Crippen molar-refractivity contribution in [3.63, 3.8) is 0 Å². The smallest absolute Gasteiger partial charge is 0.247 e. The molecule has 1 N–H and O–H groups in total. The van der Waals surface area contributed by atoms with Crippen molar-refractivity contribution in [3.05, 3.63) is 28.5 Å². The Morgan fingerprint density at radius 2 is 2.14 bits per heavy atom. The van der Waals surface area contributed by atoms with Gasteiger partial charge in [0.05, 0.1) is 31.9 Å². The fourth-order valence-electron chi connectivity index (χ4n) is 3.18. The Morgan fingerprint density at radius 3 is 2.73 bits per heavy atom. The first-order chi connectivity index (χ1) is 10.5. The lowest BCUT2D eigenvalue weighted by molar-refractivity contribution is -0.925. The van der Waals surface area contributed by atoms with E-state index in [2.05, 4.69) is 0 Å². The second-order valence-electron chi connectivity index (χ2n) is 5.93. The second kappa shape index (κ2) is 6.52. The van der Waals surface area contributed by atoms with Crippen molar-refractivity contribution in [2.45, 2.75) is 12.5 Å². The van der Waals surface area contributed by atoms with Crippen LogP contribution in [0, 0.1) is 0 Å². The third-order valence-corrected chi connectivity index (χ3v) is 7.07. The van der Waals surface area contributed by atoms with Crippen LogP contribution < -0.4 is 4.90 Å². The van der Waals surface area contributed by atoms with Crippen molar-refractivity contribution in [2.75, 3.05) is 37.7 Å². The van der Waals surface area contributed by atoms with Gasteiger partial charge in [-0.2, -0.15) is 0 Å². The summed E-state index contributed by atoms with van der Waals surface area (Å²) in [5.74, 6) is 0.688. The van der Waals surface area contributed by atoms with Crippen molar-refractivity contribution in [3.8, 4) is 0 Å². The third-order valence-electron chi connectivity index (χ3n) is 4.46. The molecule has 0 radical (unpaired) electrons. The molecule has 0 aromatic carbocycles. The van der Waals surface area contributed by atoms with Crippen LogP contribution in [-0.2, 0) is 14.6 Å². The Balaban J connectivity index is 1.50. The highest BCUT2D eigenvalue weighted by molar-refractivity contribution is 7.91. The van der Waals surface area contributed by atoms with Crippen molar-refractivity contribution < 1.29 is 18.1 Å². The van der Waals surface area contributed by atoms with Gasteiger partial charge in [-0.15, -0.1) is 11.3 Å². The fourth-order valence-corrected chi connectivity index (χ4v) is 5.63. The Kier molecular flexibility index (Phi) is 4.65. The molecule has 1 aromatic heterocycles. The molecule has 1 aromatic rings. The third kappa shape index (κ3) is 3.77. The minimum absolute atomic E-state index is 0.0477. The highest BCUT2D eigenvalue weighted by Gasteiger charge is 2.37. The van der Waals surface area contributed by atoms with E-state index in [9.17, 15) is 13.2 Å². The second-order valence-corrected chi connectivity index (χ2v) is 9.14. The SMILES string of the molecule is O=C(/C=C/c1cccs1)N1CC[NH+]([C@H]2CCS(=O)(=O)C2)CC1. The Hall–Kier alpha value is -1.18. The molecule has 0 saturated carbocycles. The van der Waals surface area contributed by atoms with Crippen molar-refractivity contribution in [2.24, 2.45) is 0 Å². The Morgan fingerprint density at radius 1 is 1.36 bits per heavy atom. The fraction of sp³-hybridized carbons (Fsp3) is 0.533. The number of carbonyl (C=O) groups excluding carboxylic acids is 1. The molecular weight excluding hydrogens is 320 g/mol. The zero-order valence-corrected chi connectivity index (χ0v) is 14.0. The largest absolute Gasteiger partial charge is 0.329 e. The molecule has 7 heteroatoms. The van der Waals surface area contributed by atoms with Crippen LogP contribution in [0.2, 0.25) is 0 Å².